The van der Waals surface area contributed by atoms with Gasteiger partial charge in [-0.15, -0.1) is 0 Å². The fourth-order valence-corrected chi connectivity index (χ4v) is 2.04. The van der Waals surface area contributed by atoms with Crippen molar-refractivity contribution in [2.45, 2.75) is 33.4 Å². The smallest absolute Gasteiger partial charge is 0.407 e. The van der Waals surface area contributed by atoms with Gasteiger partial charge in [-0.3, -0.25) is 4.98 Å². The molecule has 0 bridgehead atoms. The molecule has 21 heavy (non-hydrogen) atoms. The van der Waals surface area contributed by atoms with Crippen molar-refractivity contribution in [2.75, 3.05) is 19.7 Å². The molecule has 6 nitrogen and oxygen atoms in total. The zero-order chi connectivity index (χ0) is 15.2. The first-order valence-corrected chi connectivity index (χ1v) is 7.29. The van der Waals surface area contributed by atoms with Gasteiger partial charge in [0.2, 0.25) is 0 Å². The molecular formula is C15H23N3O3. The van der Waals surface area contributed by atoms with E-state index in [1.165, 1.54) is 0 Å². The largest absolute Gasteiger partial charge is 0.488 e. The minimum Gasteiger partial charge on any atom is -0.488 e. The predicted molar refractivity (Wildman–Crippen MR) is 79.3 cm³/mol. The van der Waals surface area contributed by atoms with Gasteiger partial charge in [0.05, 0.1) is 12.2 Å². The minimum absolute atomic E-state index is 0.240. The molecule has 0 spiro atoms. The summed E-state index contributed by atoms with van der Waals surface area (Å²) in [4.78, 5) is 15.5. The molecule has 1 fully saturated rings. The van der Waals surface area contributed by atoms with E-state index in [4.69, 9.17) is 9.47 Å². The Labute approximate surface area is 125 Å². The lowest BCUT2D eigenvalue weighted by molar-refractivity contribution is 0.104. The SMILES string of the molecule is Cc1ccc(OCC2CNC(=O)O2)c(CNCC(C)C)n1. The Balaban J connectivity index is 1.92. The molecule has 1 saturated heterocycles. The number of ether oxygens (including phenoxy) is 2. The zero-order valence-electron chi connectivity index (χ0n) is 12.8. The van der Waals surface area contributed by atoms with Crippen molar-refractivity contribution in [1.29, 1.82) is 0 Å². The van der Waals surface area contributed by atoms with E-state index in [0.717, 1.165) is 23.7 Å². The number of amides is 1. The summed E-state index contributed by atoms with van der Waals surface area (Å²) in [6, 6.07) is 3.83. The molecule has 1 aliphatic rings. The molecule has 2 rings (SSSR count). The Morgan fingerprint density at radius 3 is 3.00 bits per heavy atom. The van der Waals surface area contributed by atoms with Crippen LogP contribution >= 0.6 is 0 Å². The van der Waals surface area contributed by atoms with Crippen LogP contribution in [0.15, 0.2) is 12.1 Å². The van der Waals surface area contributed by atoms with E-state index in [9.17, 15) is 4.79 Å². The molecule has 1 amide bonds. The lowest BCUT2D eigenvalue weighted by Gasteiger charge is -2.14. The summed E-state index contributed by atoms with van der Waals surface area (Å²) in [5.41, 5.74) is 1.84. The Bertz CT molecular complexity index is 491. The topological polar surface area (TPSA) is 72.5 Å². The number of hydrogen-bond acceptors (Lipinski definition) is 5. The van der Waals surface area contributed by atoms with Crippen molar-refractivity contribution in [2.24, 2.45) is 5.92 Å². The van der Waals surface area contributed by atoms with E-state index in [1.807, 2.05) is 19.1 Å². The molecule has 2 N–H and O–H groups in total. The van der Waals surface area contributed by atoms with Crippen LogP contribution in [0.3, 0.4) is 0 Å². The summed E-state index contributed by atoms with van der Waals surface area (Å²) < 4.78 is 10.8. The van der Waals surface area contributed by atoms with Gasteiger partial charge in [-0.1, -0.05) is 13.8 Å². The monoisotopic (exact) mass is 293 g/mol. The van der Waals surface area contributed by atoms with Crippen molar-refractivity contribution in [1.82, 2.24) is 15.6 Å². The highest BCUT2D eigenvalue weighted by atomic mass is 16.6. The van der Waals surface area contributed by atoms with Gasteiger partial charge in [0.25, 0.3) is 0 Å². The average molecular weight is 293 g/mol. The van der Waals surface area contributed by atoms with Gasteiger partial charge in [-0.05, 0) is 31.5 Å². The van der Waals surface area contributed by atoms with Crippen LogP contribution in [0, 0.1) is 12.8 Å². The summed E-state index contributed by atoms with van der Waals surface area (Å²) in [6.07, 6.45) is -0.625. The van der Waals surface area contributed by atoms with Gasteiger partial charge < -0.3 is 20.1 Å². The second-order valence-electron chi connectivity index (χ2n) is 5.64. The lowest BCUT2D eigenvalue weighted by Crippen LogP contribution is -2.24. The number of carbonyl (C=O) groups is 1. The summed E-state index contributed by atoms with van der Waals surface area (Å²) >= 11 is 0. The van der Waals surface area contributed by atoms with Crippen molar-refractivity contribution >= 4 is 6.09 Å². The maximum atomic E-state index is 11.0. The van der Waals surface area contributed by atoms with Crippen molar-refractivity contribution in [3.05, 3.63) is 23.5 Å². The molecule has 1 aromatic heterocycles. The van der Waals surface area contributed by atoms with Gasteiger partial charge in [0, 0.05) is 12.2 Å². The maximum absolute atomic E-state index is 11.0. The van der Waals surface area contributed by atoms with E-state index >= 15 is 0 Å². The number of rotatable bonds is 7. The molecule has 1 aliphatic heterocycles. The fraction of sp³-hybridized carbons (Fsp3) is 0.600. The summed E-state index contributed by atoms with van der Waals surface area (Å²) in [7, 11) is 0. The van der Waals surface area contributed by atoms with Crippen LogP contribution in [0.2, 0.25) is 0 Å². The van der Waals surface area contributed by atoms with E-state index in [1.54, 1.807) is 0 Å². The van der Waals surface area contributed by atoms with Gasteiger partial charge >= 0.3 is 6.09 Å². The Kier molecular flexibility index (Phi) is 5.38. The maximum Gasteiger partial charge on any atom is 0.407 e. The van der Waals surface area contributed by atoms with Crippen LogP contribution in [0.5, 0.6) is 5.75 Å². The average Bonchev–Trinajstić information content (AvgIpc) is 2.83. The van der Waals surface area contributed by atoms with Gasteiger partial charge in [-0.2, -0.15) is 0 Å². The number of hydrogen-bond donors (Lipinski definition) is 2. The fourth-order valence-electron chi connectivity index (χ4n) is 2.04. The molecule has 1 atom stereocenters. The molecule has 1 unspecified atom stereocenters. The highest BCUT2D eigenvalue weighted by Crippen LogP contribution is 2.18. The molecule has 0 saturated carbocycles. The van der Waals surface area contributed by atoms with E-state index in [-0.39, 0.29) is 12.2 Å². The van der Waals surface area contributed by atoms with Crippen LogP contribution in [0.4, 0.5) is 4.79 Å². The zero-order valence-corrected chi connectivity index (χ0v) is 12.8. The molecule has 0 radical (unpaired) electrons. The predicted octanol–water partition coefficient (Wildman–Crippen LogP) is 1.62. The number of alkyl carbamates (subject to hydrolysis) is 1. The van der Waals surface area contributed by atoms with Crippen LogP contribution in [0.25, 0.3) is 0 Å². The first-order chi connectivity index (χ1) is 10.0. The number of nitrogens with one attached hydrogen (secondary N) is 2. The molecule has 1 aromatic rings. The third-order valence-electron chi connectivity index (χ3n) is 3.09. The summed E-state index contributed by atoms with van der Waals surface area (Å²) in [5, 5.41) is 5.97. The standard InChI is InChI=1S/C15H23N3O3/c1-10(2)6-16-8-13-14(5-4-11(3)18-13)20-9-12-7-17-15(19)21-12/h4-5,10,12,16H,6-9H2,1-3H3,(H,17,19). The third-order valence-corrected chi connectivity index (χ3v) is 3.09. The number of aromatic nitrogens is 1. The molecule has 116 valence electrons. The van der Waals surface area contributed by atoms with Crippen molar-refractivity contribution in [3.63, 3.8) is 0 Å². The quantitative estimate of drug-likeness (QED) is 0.799. The van der Waals surface area contributed by atoms with Crippen molar-refractivity contribution < 1.29 is 14.3 Å². The normalized spacial score (nSPS) is 17.7. The number of pyridine rings is 1. The minimum atomic E-state index is -0.385. The van der Waals surface area contributed by atoms with E-state index in [2.05, 4.69) is 29.5 Å². The number of carbonyl (C=O) groups excluding carboxylic acids is 1. The molecule has 0 aromatic carbocycles. The lowest BCUT2D eigenvalue weighted by atomic mass is 10.2. The Morgan fingerprint density at radius 2 is 2.33 bits per heavy atom. The second-order valence-corrected chi connectivity index (χ2v) is 5.64. The third kappa shape index (κ3) is 4.90. The van der Waals surface area contributed by atoms with Crippen molar-refractivity contribution in [3.8, 4) is 5.75 Å². The number of nitrogens with zero attached hydrogens (tertiary/aromatic N) is 1. The van der Waals surface area contributed by atoms with E-state index < -0.39 is 0 Å². The van der Waals surface area contributed by atoms with Gasteiger partial charge in [0.15, 0.2) is 6.10 Å². The highest BCUT2D eigenvalue weighted by Gasteiger charge is 2.23. The summed E-state index contributed by atoms with van der Waals surface area (Å²) in [5.74, 6) is 1.32. The molecule has 0 aliphatic carbocycles. The first-order valence-electron chi connectivity index (χ1n) is 7.29. The number of aryl methyl sites for hydroxylation is 1. The Morgan fingerprint density at radius 1 is 1.52 bits per heavy atom. The van der Waals surface area contributed by atoms with Gasteiger partial charge in [0.1, 0.15) is 12.4 Å². The van der Waals surface area contributed by atoms with E-state index in [0.29, 0.717) is 25.6 Å². The Hall–Kier alpha value is -1.82. The molecule has 6 heteroatoms. The first kappa shape index (κ1) is 15.6. The van der Waals surface area contributed by atoms with Gasteiger partial charge in [-0.25, -0.2) is 4.79 Å². The molecular weight excluding hydrogens is 270 g/mol. The second kappa shape index (κ2) is 7.26. The number of cyclic esters (lactones) is 1. The molecule has 2 heterocycles. The summed E-state index contributed by atoms with van der Waals surface area (Å²) in [6.45, 7) is 8.69. The van der Waals surface area contributed by atoms with Crippen LogP contribution in [0.1, 0.15) is 25.2 Å². The van der Waals surface area contributed by atoms with Crippen LogP contribution < -0.4 is 15.4 Å². The highest BCUT2D eigenvalue weighted by molar-refractivity contribution is 5.69. The van der Waals surface area contributed by atoms with Crippen LogP contribution in [-0.4, -0.2) is 36.9 Å². The van der Waals surface area contributed by atoms with Crippen LogP contribution in [-0.2, 0) is 11.3 Å².